The Labute approximate surface area is 131 Å². The zero-order valence-corrected chi connectivity index (χ0v) is 13.7. The van der Waals surface area contributed by atoms with E-state index >= 15 is 0 Å². The number of carbonyl (C=O) groups is 1. The third-order valence-electron chi connectivity index (χ3n) is 3.11. The summed E-state index contributed by atoms with van der Waals surface area (Å²) in [6.07, 6.45) is -12.6. The van der Waals surface area contributed by atoms with Crippen molar-refractivity contribution in [3.05, 3.63) is 0 Å². The molecule has 0 amide bonds. The zero-order chi connectivity index (χ0) is 18.7. The minimum Gasteiger partial charge on any atom is -0.458 e. The number of hydrogen-bond donors (Lipinski definition) is 0. The Balaban J connectivity index is 5.46. The van der Waals surface area contributed by atoms with Crippen molar-refractivity contribution in [2.24, 2.45) is 5.92 Å². The van der Waals surface area contributed by atoms with Gasteiger partial charge in [-0.05, 0) is 33.1 Å². The fourth-order valence-electron chi connectivity index (χ4n) is 1.80. The lowest BCUT2D eigenvalue weighted by Crippen LogP contribution is -2.60. The summed E-state index contributed by atoms with van der Waals surface area (Å²) in [7, 11) is 0. The van der Waals surface area contributed by atoms with Gasteiger partial charge < -0.3 is 9.47 Å². The smallest absolute Gasteiger partial charge is 0.426 e. The number of esters is 1. The standard InChI is InChI=1S/C14H22F6O3/c1-6-9(2)7-12(13(15,16)17,14(18,19)20)22-8-10(21)23-11(3,4)5/h9H,6-8H2,1-5H3. The molecule has 0 aromatic carbocycles. The lowest BCUT2D eigenvalue weighted by Gasteiger charge is -2.38. The topological polar surface area (TPSA) is 35.5 Å². The van der Waals surface area contributed by atoms with Crippen LogP contribution in [0.2, 0.25) is 0 Å². The molecule has 3 nitrogen and oxygen atoms in total. The lowest BCUT2D eigenvalue weighted by molar-refractivity contribution is -0.384. The molecule has 0 heterocycles. The fourth-order valence-corrected chi connectivity index (χ4v) is 1.80. The van der Waals surface area contributed by atoms with Gasteiger partial charge in [-0.25, -0.2) is 4.79 Å². The fraction of sp³-hybridized carbons (Fsp3) is 0.929. The average molecular weight is 352 g/mol. The Morgan fingerprint density at radius 1 is 1.00 bits per heavy atom. The second-order valence-electron chi connectivity index (χ2n) is 6.42. The molecule has 0 aliphatic heterocycles. The van der Waals surface area contributed by atoms with Gasteiger partial charge in [0.25, 0.3) is 5.60 Å². The maximum Gasteiger partial charge on any atom is 0.426 e. The number of rotatable bonds is 6. The van der Waals surface area contributed by atoms with Crippen molar-refractivity contribution in [1.82, 2.24) is 0 Å². The molecule has 0 aromatic rings. The number of halogens is 6. The van der Waals surface area contributed by atoms with Gasteiger partial charge in [-0.15, -0.1) is 0 Å². The van der Waals surface area contributed by atoms with Crippen LogP contribution in [0.25, 0.3) is 0 Å². The van der Waals surface area contributed by atoms with Crippen LogP contribution in [0, 0.1) is 5.92 Å². The molecule has 0 saturated heterocycles. The van der Waals surface area contributed by atoms with Crippen LogP contribution < -0.4 is 0 Å². The van der Waals surface area contributed by atoms with E-state index in [9.17, 15) is 31.1 Å². The molecular formula is C14H22F6O3. The Morgan fingerprint density at radius 3 is 1.74 bits per heavy atom. The number of ether oxygens (including phenoxy) is 2. The highest BCUT2D eigenvalue weighted by Gasteiger charge is 2.72. The van der Waals surface area contributed by atoms with Crippen molar-refractivity contribution in [3.8, 4) is 0 Å². The molecule has 0 rings (SSSR count). The number of alkyl halides is 6. The molecule has 0 N–H and O–H groups in total. The summed E-state index contributed by atoms with van der Waals surface area (Å²) >= 11 is 0. The lowest BCUT2D eigenvalue weighted by atomic mass is 9.88. The van der Waals surface area contributed by atoms with Crippen molar-refractivity contribution in [1.29, 1.82) is 0 Å². The van der Waals surface area contributed by atoms with E-state index < -0.39 is 48.5 Å². The van der Waals surface area contributed by atoms with Gasteiger partial charge in [0.2, 0.25) is 0 Å². The van der Waals surface area contributed by atoms with E-state index in [1.807, 2.05) is 0 Å². The van der Waals surface area contributed by atoms with E-state index in [0.29, 0.717) is 0 Å². The van der Waals surface area contributed by atoms with Crippen LogP contribution in [-0.2, 0) is 14.3 Å². The molecule has 0 aliphatic carbocycles. The monoisotopic (exact) mass is 352 g/mol. The van der Waals surface area contributed by atoms with Crippen molar-refractivity contribution in [2.45, 2.75) is 71.0 Å². The summed E-state index contributed by atoms with van der Waals surface area (Å²) < 4.78 is 87.8. The first-order valence-corrected chi connectivity index (χ1v) is 7.05. The highest BCUT2D eigenvalue weighted by Crippen LogP contribution is 2.49. The normalized spacial score (nSPS) is 15.4. The van der Waals surface area contributed by atoms with Gasteiger partial charge in [0.15, 0.2) is 0 Å². The number of carbonyl (C=O) groups excluding carboxylic acids is 1. The Hall–Kier alpha value is -0.990. The third kappa shape index (κ3) is 6.19. The molecule has 1 unspecified atom stereocenters. The first-order valence-electron chi connectivity index (χ1n) is 7.05. The summed E-state index contributed by atoms with van der Waals surface area (Å²) in [5.41, 5.74) is -5.44. The average Bonchev–Trinajstić information content (AvgIpc) is 2.28. The molecular weight excluding hydrogens is 330 g/mol. The molecule has 138 valence electrons. The van der Waals surface area contributed by atoms with Gasteiger partial charge in [-0.2, -0.15) is 26.3 Å². The highest BCUT2D eigenvalue weighted by molar-refractivity contribution is 5.71. The van der Waals surface area contributed by atoms with Crippen LogP contribution in [0.4, 0.5) is 26.3 Å². The molecule has 0 spiro atoms. The summed E-state index contributed by atoms with van der Waals surface area (Å²) in [6.45, 7) is 5.59. The van der Waals surface area contributed by atoms with E-state index in [2.05, 4.69) is 4.74 Å². The number of hydrogen-bond acceptors (Lipinski definition) is 3. The summed E-state index contributed by atoms with van der Waals surface area (Å²) in [6, 6.07) is 0. The summed E-state index contributed by atoms with van der Waals surface area (Å²) in [4.78, 5) is 11.4. The largest absolute Gasteiger partial charge is 0.458 e. The van der Waals surface area contributed by atoms with Gasteiger partial charge in [0.05, 0.1) is 0 Å². The van der Waals surface area contributed by atoms with Crippen LogP contribution in [0.5, 0.6) is 0 Å². The van der Waals surface area contributed by atoms with Crippen molar-refractivity contribution >= 4 is 5.97 Å². The molecule has 23 heavy (non-hydrogen) atoms. The van der Waals surface area contributed by atoms with Crippen molar-refractivity contribution < 1.29 is 40.6 Å². The van der Waals surface area contributed by atoms with Gasteiger partial charge in [0.1, 0.15) is 12.2 Å². The predicted octanol–water partition coefficient (Wildman–Crippen LogP) is 4.64. The third-order valence-corrected chi connectivity index (χ3v) is 3.11. The van der Waals surface area contributed by atoms with Gasteiger partial charge in [-0.3, -0.25) is 0 Å². The van der Waals surface area contributed by atoms with E-state index in [0.717, 1.165) is 0 Å². The second-order valence-corrected chi connectivity index (χ2v) is 6.42. The molecule has 0 aliphatic rings. The highest BCUT2D eigenvalue weighted by atomic mass is 19.4. The van der Waals surface area contributed by atoms with Crippen molar-refractivity contribution in [3.63, 3.8) is 0 Å². The summed E-state index contributed by atoms with van der Waals surface area (Å²) in [5, 5.41) is 0. The van der Waals surface area contributed by atoms with Crippen LogP contribution in [0.1, 0.15) is 47.5 Å². The van der Waals surface area contributed by atoms with E-state index in [1.165, 1.54) is 34.6 Å². The zero-order valence-electron chi connectivity index (χ0n) is 13.7. The van der Waals surface area contributed by atoms with Gasteiger partial charge in [0, 0.05) is 0 Å². The quantitative estimate of drug-likeness (QED) is 0.516. The maximum atomic E-state index is 13.2. The van der Waals surface area contributed by atoms with Crippen LogP contribution >= 0.6 is 0 Å². The minimum atomic E-state index is -5.71. The van der Waals surface area contributed by atoms with E-state index in [-0.39, 0.29) is 6.42 Å². The van der Waals surface area contributed by atoms with E-state index in [4.69, 9.17) is 4.74 Å². The Kier molecular flexibility index (Phi) is 6.96. The van der Waals surface area contributed by atoms with Crippen LogP contribution in [-0.4, -0.2) is 36.1 Å². The van der Waals surface area contributed by atoms with Gasteiger partial charge in [-0.1, -0.05) is 20.3 Å². The molecule has 0 fully saturated rings. The minimum absolute atomic E-state index is 0.101. The first kappa shape index (κ1) is 22.0. The van der Waals surface area contributed by atoms with Crippen LogP contribution in [0.15, 0.2) is 0 Å². The molecule has 0 saturated carbocycles. The van der Waals surface area contributed by atoms with Crippen molar-refractivity contribution in [2.75, 3.05) is 6.61 Å². The Bertz CT molecular complexity index is 381. The van der Waals surface area contributed by atoms with Crippen LogP contribution in [0.3, 0.4) is 0 Å². The van der Waals surface area contributed by atoms with Gasteiger partial charge >= 0.3 is 18.3 Å². The first-order chi connectivity index (χ1) is 10.1. The van der Waals surface area contributed by atoms with E-state index in [1.54, 1.807) is 0 Å². The molecule has 0 bridgehead atoms. The molecule has 0 aromatic heterocycles. The SMILES string of the molecule is CCC(C)CC(OCC(=O)OC(C)(C)C)(C(F)(F)F)C(F)(F)F. The molecule has 1 atom stereocenters. The summed E-state index contributed by atoms with van der Waals surface area (Å²) in [5.74, 6) is -2.20. The maximum absolute atomic E-state index is 13.2. The molecule has 0 radical (unpaired) electrons. The Morgan fingerprint density at radius 2 is 1.43 bits per heavy atom. The predicted molar refractivity (Wildman–Crippen MR) is 70.7 cm³/mol. The molecule has 9 heteroatoms. The second kappa shape index (κ2) is 7.27.